The lowest BCUT2D eigenvalue weighted by molar-refractivity contribution is 0.285. The third-order valence-corrected chi connectivity index (χ3v) is 6.84. The van der Waals surface area contributed by atoms with Gasteiger partial charge in [0.05, 0.1) is 12.6 Å². The highest BCUT2D eigenvalue weighted by molar-refractivity contribution is 7.91. The molecular formula is C13H17NO3S3. The zero-order valence-electron chi connectivity index (χ0n) is 11.1. The summed E-state index contributed by atoms with van der Waals surface area (Å²) in [5.74, 6) is 0. The first-order valence-corrected chi connectivity index (χ1v) is 9.50. The lowest BCUT2D eigenvalue weighted by Crippen LogP contribution is -2.27. The van der Waals surface area contributed by atoms with E-state index in [1.54, 1.807) is 17.4 Å². The number of hydrogen-bond acceptors (Lipinski definition) is 5. The molecule has 0 saturated heterocycles. The monoisotopic (exact) mass is 331 g/mol. The molecule has 2 aromatic rings. The highest BCUT2D eigenvalue weighted by Gasteiger charge is 2.23. The highest BCUT2D eigenvalue weighted by atomic mass is 32.2. The fourth-order valence-electron chi connectivity index (χ4n) is 1.87. The number of aliphatic hydroxyl groups is 1. The van der Waals surface area contributed by atoms with Crippen molar-refractivity contribution in [3.05, 3.63) is 39.4 Å². The fraction of sp³-hybridized carbons (Fsp3) is 0.385. The van der Waals surface area contributed by atoms with Crippen molar-refractivity contribution < 1.29 is 13.5 Å². The van der Waals surface area contributed by atoms with E-state index < -0.39 is 10.0 Å². The van der Waals surface area contributed by atoms with Gasteiger partial charge in [0.1, 0.15) is 4.21 Å². The highest BCUT2D eigenvalue weighted by Crippen LogP contribution is 2.27. The molecule has 0 amide bonds. The van der Waals surface area contributed by atoms with E-state index in [0.29, 0.717) is 4.88 Å². The van der Waals surface area contributed by atoms with Gasteiger partial charge in [0, 0.05) is 9.75 Å². The van der Waals surface area contributed by atoms with Gasteiger partial charge in [-0.25, -0.2) is 13.1 Å². The molecular weight excluding hydrogens is 314 g/mol. The third kappa shape index (κ3) is 3.67. The van der Waals surface area contributed by atoms with E-state index in [-0.39, 0.29) is 16.9 Å². The zero-order chi connectivity index (χ0) is 14.6. The van der Waals surface area contributed by atoms with E-state index in [1.165, 1.54) is 6.07 Å². The molecule has 2 rings (SSSR count). The largest absolute Gasteiger partial charge is 0.391 e. The van der Waals surface area contributed by atoms with E-state index in [1.807, 2.05) is 24.4 Å². The summed E-state index contributed by atoms with van der Waals surface area (Å²) < 4.78 is 27.7. The molecule has 1 atom stereocenters. The van der Waals surface area contributed by atoms with Gasteiger partial charge in [-0.3, -0.25) is 0 Å². The molecule has 0 aromatic carbocycles. The van der Waals surface area contributed by atoms with Crippen LogP contribution in [0.3, 0.4) is 0 Å². The van der Waals surface area contributed by atoms with E-state index in [0.717, 1.165) is 29.1 Å². The van der Waals surface area contributed by atoms with Crippen LogP contribution in [0.4, 0.5) is 0 Å². The Morgan fingerprint density at radius 2 is 2.15 bits per heavy atom. The molecule has 4 nitrogen and oxygen atoms in total. The van der Waals surface area contributed by atoms with Gasteiger partial charge in [-0.05, 0) is 30.0 Å². The van der Waals surface area contributed by atoms with Crippen LogP contribution in [-0.4, -0.2) is 13.5 Å². The Bertz CT molecular complexity index is 632. The quantitative estimate of drug-likeness (QED) is 0.819. The van der Waals surface area contributed by atoms with Gasteiger partial charge in [-0.15, -0.1) is 22.7 Å². The van der Waals surface area contributed by atoms with Crippen LogP contribution in [-0.2, 0) is 16.6 Å². The maximum atomic E-state index is 12.4. The van der Waals surface area contributed by atoms with Gasteiger partial charge in [0.25, 0.3) is 10.0 Å². The summed E-state index contributed by atoms with van der Waals surface area (Å²) in [7, 11) is -3.53. The molecule has 0 aliphatic carbocycles. The minimum atomic E-state index is -3.53. The van der Waals surface area contributed by atoms with Crippen LogP contribution in [0.25, 0.3) is 0 Å². The number of aliphatic hydroxyl groups excluding tert-OH is 1. The predicted octanol–water partition coefficient (Wildman–Crippen LogP) is 3.12. The Labute approximate surface area is 127 Å². The van der Waals surface area contributed by atoms with E-state index in [4.69, 9.17) is 5.11 Å². The van der Waals surface area contributed by atoms with E-state index in [9.17, 15) is 8.42 Å². The van der Waals surface area contributed by atoms with Crippen molar-refractivity contribution in [3.8, 4) is 0 Å². The molecule has 0 fully saturated rings. The Kier molecular flexibility index (Phi) is 5.34. The van der Waals surface area contributed by atoms with Crippen molar-refractivity contribution in [2.45, 2.75) is 36.6 Å². The van der Waals surface area contributed by atoms with Gasteiger partial charge >= 0.3 is 0 Å². The molecule has 2 heterocycles. The molecule has 20 heavy (non-hydrogen) atoms. The smallest absolute Gasteiger partial charge is 0.250 e. The average Bonchev–Trinajstić information content (AvgIpc) is 3.09. The van der Waals surface area contributed by atoms with Crippen LogP contribution in [0.15, 0.2) is 33.9 Å². The van der Waals surface area contributed by atoms with Crippen LogP contribution in [0.1, 0.15) is 35.6 Å². The second kappa shape index (κ2) is 6.82. The Morgan fingerprint density at radius 1 is 1.35 bits per heavy atom. The SMILES string of the molecule is CCCC(NS(=O)(=O)c1ccc(CO)s1)c1cccs1. The van der Waals surface area contributed by atoms with Crippen molar-refractivity contribution in [1.82, 2.24) is 4.72 Å². The van der Waals surface area contributed by atoms with Gasteiger partial charge in [-0.1, -0.05) is 19.4 Å². The van der Waals surface area contributed by atoms with Crippen molar-refractivity contribution in [3.63, 3.8) is 0 Å². The van der Waals surface area contributed by atoms with E-state index in [2.05, 4.69) is 4.72 Å². The van der Waals surface area contributed by atoms with E-state index >= 15 is 0 Å². The second-order valence-electron chi connectivity index (χ2n) is 4.36. The minimum Gasteiger partial charge on any atom is -0.391 e. The number of thiophene rings is 2. The maximum absolute atomic E-state index is 12.4. The summed E-state index contributed by atoms with van der Waals surface area (Å²) in [4.78, 5) is 1.67. The molecule has 0 spiro atoms. The van der Waals surface area contributed by atoms with Crippen LogP contribution >= 0.6 is 22.7 Å². The van der Waals surface area contributed by atoms with Crippen molar-refractivity contribution in [2.75, 3.05) is 0 Å². The summed E-state index contributed by atoms with van der Waals surface area (Å²) in [6, 6.07) is 6.85. The number of sulfonamides is 1. The summed E-state index contributed by atoms with van der Waals surface area (Å²) in [5.41, 5.74) is 0. The average molecular weight is 331 g/mol. The molecule has 0 aliphatic rings. The fourth-order valence-corrected chi connectivity index (χ4v) is 5.24. The van der Waals surface area contributed by atoms with Gasteiger partial charge in [0.15, 0.2) is 0 Å². The van der Waals surface area contributed by atoms with Crippen molar-refractivity contribution in [1.29, 1.82) is 0 Å². The summed E-state index contributed by atoms with van der Waals surface area (Å²) >= 11 is 2.65. The predicted molar refractivity (Wildman–Crippen MR) is 82.5 cm³/mol. The number of hydrogen-bond donors (Lipinski definition) is 2. The normalized spacial score (nSPS) is 13.5. The van der Waals surface area contributed by atoms with Gasteiger partial charge < -0.3 is 5.11 Å². The van der Waals surface area contributed by atoms with Gasteiger partial charge in [-0.2, -0.15) is 0 Å². The number of rotatable bonds is 7. The third-order valence-electron chi connectivity index (χ3n) is 2.82. The molecule has 0 aliphatic heterocycles. The molecule has 0 radical (unpaired) electrons. The van der Waals surface area contributed by atoms with Gasteiger partial charge in [0.2, 0.25) is 0 Å². The molecule has 0 saturated carbocycles. The van der Waals surface area contributed by atoms with Crippen LogP contribution in [0.5, 0.6) is 0 Å². The summed E-state index contributed by atoms with van der Waals surface area (Å²) in [5, 5.41) is 11.0. The molecule has 7 heteroatoms. The first-order chi connectivity index (χ1) is 9.56. The lowest BCUT2D eigenvalue weighted by Gasteiger charge is -2.16. The topological polar surface area (TPSA) is 66.4 Å². The molecule has 1 unspecified atom stereocenters. The van der Waals surface area contributed by atoms with Crippen molar-refractivity contribution >= 4 is 32.7 Å². The Balaban J connectivity index is 2.20. The summed E-state index contributed by atoms with van der Waals surface area (Å²) in [6.45, 7) is 1.90. The molecule has 110 valence electrons. The van der Waals surface area contributed by atoms with Crippen LogP contribution < -0.4 is 4.72 Å². The minimum absolute atomic E-state index is 0.135. The molecule has 2 N–H and O–H groups in total. The standard InChI is InChI=1S/C13H17NO3S3/c1-2-4-11(12-5-3-8-18-12)14-20(16,17)13-7-6-10(9-15)19-13/h3,5-8,11,14-15H,2,4,9H2,1H3. The maximum Gasteiger partial charge on any atom is 0.250 e. The molecule has 0 bridgehead atoms. The van der Waals surface area contributed by atoms with Crippen molar-refractivity contribution in [2.24, 2.45) is 0 Å². The Hall–Kier alpha value is -0.730. The lowest BCUT2D eigenvalue weighted by atomic mass is 10.1. The van der Waals surface area contributed by atoms with Crippen LogP contribution in [0.2, 0.25) is 0 Å². The number of nitrogens with one attached hydrogen (secondary N) is 1. The first kappa shape index (κ1) is 15.7. The zero-order valence-corrected chi connectivity index (χ0v) is 13.5. The first-order valence-electron chi connectivity index (χ1n) is 6.32. The Morgan fingerprint density at radius 3 is 2.70 bits per heavy atom. The summed E-state index contributed by atoms with van der Waals surface area (Å²) in [6.07, 6.45) is 1.66. The van der Waals surface area contributed by atoms with Crippen LogP contribution in [0, 0.1) is 0 Å². The molecule has 2 aromatic heterocycles. The second-order valence-corrected chi connectivity index (χ2v) is 8.45.